The van der Waals surface area contributed by atoms with E-state index in [2.05, 4.69) is 0 Å². The van der Waals surface area contributed by atoms with Crippen LogP contribution in [-0.4, -0.2) is 18.2 Å². The standard InChI is InChI=1S/C8H18Cl6Si3/c1-7(2,3)15(9,10)17(13,14)16(11,12)8(4,5)6/h1-6H3. The number of hydrogen-bond acceptors (Lipinski definition) is 0. The first-order valence-electron chi connectivity index (χ1n) is 5.13. The van der Waals surface area contributed by atoms with Crippen LogP contribution >= 0.6 is 66.5 Å². The molecule has 104 valence electrons. The molecule has 0 rings (SSSR count). The highest BCUT2D eigenvalue weighted by Crippen LogP contribution is 2.60. The maximum Gasteiger partial charge on any atom is 0.297 e. The lowest BCUT2D eigenvalue weighted by Gasteiger charge is -2.46. The summed E-state index contributed by atoms with van der Waals surface area (Å²) >= 11 is 39.4. The van der Waals surface area contributed by atoms with Gasteiger partial charge in [-0.15, -0.1) is 66.5 Å². The zero-order valence-electron chi connectivity index (χ0n) is 10.8. The third-order valence-electron chi connectivity index (χ3n) is 2.67. The average Bonchev–Trinajstić information content (AvgIpc) is 1.98. The molecule has 0 aliphatic carbocycles. The molecule has 0 spiro atoms. The molecule has 0 aromatic heterocycles. The van der Waals surface area contributed by atoms with E-state index < -0.39 is 18.2 Å². The summed E-state index contributed by atoms with van der Waals surface area (Å²) in [6.45, 7) is 11.6. The molecule has 0 aliphatic heterocycles. The topological polar surface area (TPSA) is 0 Å². The smallest absolute Gasteiger partial charge is 0.147 e. The Morgan fingerprint density at radius 3 is 0.824 bits per heavy atom. The van der Waals surface area contributed by atoms with E-state index in [1.54, 1.807) is 0 Å². The number of hydrogen-bond donors (Lipinski definition) is 0. The SMILES string of the molecule is CC(C)(C)[Si](Cl)(Cl)[Si](Cl)(Cl)[Si](Cl)(Cl)C(C)(C)C. The second kappa shape index (κ2) is 5.30. The van der Waals surface area contributed by atoms with Crippen LogP contribution in [0.1, 0.15) is 41.5 Å². The number of rotatable bonds is 2. The van der Waals surface area contributed by atoms with E-state index in [0.29, 0.717) is 0 Å². The largest absolute Gasteiger partial charge is 0.297 e. The van der Waals surface area contributed by atoms with E-state index in [0.717, 1.165) is 0 Å². The van der Waals surface area contributed by atoms with Crippen molar-refractivity contribution in [3.8, 4) is 0 Å². The molecule has 0 aromatic carbocycles. The van der Waals surface area contributed by atoms with Crippen LogP contribution in [0.4, 0.5) is 0 Å². The van der Waals surface area contributed by atoms with Crippen LogP contribution < -0.4 is 0 Å². The summed E-state index contributed by atoms with van der Waals surface area (Å²) in [6, 6.07) is 0. The second-order valence-corrected chi connectivity index (χ2v) is 42.7. The molecule has 0 saturated heterocycles. The van der Waals surface area contributed by atoms with Crippen LogP contribution in [-0.2, 0) is 0 Å². The molecule has 0 atom stereocenters. The summed E-state index contributed by atoms with van der Waals surface area (Å²) in [5, 5.41) is -0.724. The zero-order chi connectivity index (χ0) is 14.5. The van der Waals surface area contributed by atoms with E-state index in [9.17, 15) is 0 Å². The van der Waals surface area contributed by atoms with E-state index >= 15 is 0 Å². The van der Waals surface area contributed by atoms with Crippen molar-refractivity contribution in [2.24, 2.45) is 0 Å². The summed E-state index contributed by atoms with van der Waals surface area (Å²) in [7, 11) is 0. The summed E-state index contributed by atoms with van der Waals surface area (Å²) in [5.74, 6) is 0. The van der Waals surface area contributed by atoms with Gasteiger partial charge in [-0.2, -0.15) is 0 Å². The van der Waals surface area contributed by atoms with Crippen molar-refractivity contribution < 1.29 is 0 Å². The molecule has 0 aromatic rings. The molecular weight excluding hydrogens is 393 g/mol. The van der Waals surface area contributed by atoms with Crippen molar-refractivity contribution in [1.29, 1.82) is 0 Å². The van der Waals surface area contributed by atoms with Gasteiger partial charge in [0.2, 0.25) is 0 Å². The van der Waals surface area contributed by atoms with Crippen LogP contribution in [0.2, 0.25) is 10.1 Å². The van der Waals surface area contributed by atoms with Gasteiger partial charge in [-0.3, -0.25) is 0 Å². The predicted molar refractivity (Wildman–Crippen MR) is 91.8 cm³/mol. The van der Waals surface area contributed by atoms with E-state index in [-0.39, 0.29) is 10.1 Å². The molecule has 0 amide bonds. The molecule has 17 heavy (non-hydrogen) atoms. The maximum absolute atomic E-state index is 6.59. The van der Waals surface area contributed by atoms with Gasteiger partial charge >= 0.3 is 0 Å². The molecule has 0 N–H and O–H groups in total. The Kier molecular flexibility index (Phi) is 6.05. The van der Waals surface area contributed by atoms with Gasteiger partial charge in [0.1, 0.15) is 0 Å². The highest BCUT2D eigenvalue weighted by Gasteiger charge is 2.74. The summed E-state index contributed by atoms with van der Waals surface area (Å²) in [4.78, 5) is 0. The van der Waals surface area contributed by atoms with Gasteiger partial charge in [-0.25, -0.2) is 0 Å². The molecule has 0 aliphatic rings. The molecular formula is C8H18Cl6Si3. The summed E-state index contributed by atoms with van der Waals surface area (Å²) in [6.07, 6.45) is -5.93. The van der Waals surface area contributed by atoms with Crippen molar-refractivity contribution in [2.75, 3.05) is 0 Å². The third kappa shape index (κ3) is 3.35. The molecule has 0 unspecified atom stereocenters. The first-order chi connectivity index (χ1) is 7.00. The van der Waals surface area contributed by atoms with Gasteiger partial charge in [0.05, 0.1) is 0 Å². The Morgan fingerprint density at radius 2 is 0.706 bits per heavy atom. The van der Waals surface area contributed by atoms with Crippen LogP contribution in [0.15, 0.2) is 0 Å². The van der Waals surface area contributed by atoms with Crippen LogP contribution in [0.5, 0.6) is 0 Å². The lowest BCUT2D eigenvalue weighted by atomic mass is 10.3. The number of halogens is 6. The Balaban J connectivity index is 5.73. The van der Waals surface area contributed by atoms with E-state index in [4.69, 9.17) is 66.5 Å². The van der Waals surface area contributed by atoms with Gasteiger partial charge in [0, 0.05) is 0 Å². The first-order valence-corrected chi connectivity index (χ1v) is 19.2. The first kappa shape index (κ1) is 19.4. The zero-order valence-corrected chi connectivity index (χ0v) is 18.3. The van der Waals surface area contributed by atoms with Gasteiger partial charge < -0.3 is 0 Å². The molecule has 0 heterocycles. The minimum atomic E-state index is -3.15. The Morgan fingerprint density at radius 1 is 0.529 bits per heavy atom. The van der Waals surface area contributed by atoms with Crippen LogP contribution in [0.3, 0.4) is 0 Å². The van der Waals surface area contributed by atoms with Crippen molar-refractivity contribution >= 4 is 84.6 Å². The predicted octanol–water partition coefficient (Wildman–Crippen LogP) is 6.50. The quantitative estimate of drug-likeness (QED) is 0.359. The van der Waals surface area contributed by atoms with Crippen molar-refractivity contribution in [3.05, 3.63) is 0 Å². The fourth-order valence-corrected chi connectivity index (χ4v) is 51.3. The maximum atomic E-state index is 6.59. The molecule has 0 nitrogen and oxygen atoms in total. The molecule has 0 saturated carbocycles. The van der Waals surface area contributed by atoms with E-state index in [1.165, 1.54) is 0 Å². The fourth-order valence-electron chi connectivity index (χ4n) is 1.14. The minimum absolute atomic E-state index is 0.362. The summed E-state index contributed by atoms with van der Waals surface area (Å²) in [5.41, 5.74) is -3.15. The highest BCUT2D eigenvalue weighted by molar-refractivity contribution is 8.15. The van der Waals surface area contributed by atoms with Gasteiger partial charge in [-0.1, -0.05) is 41.5 Å². The normalized spacial score (nSPS) is 16.2. The summed E-state index contributed by atoms with van der Waals surface area (Å²) < 4.78 is 0. The van der Waals surface area contributed by atoms with Crippen molar-refractivity contribution in [2.45, 2.75) is 51.6 Å². The van der Waals surface area contributed by atoms with Crippen LogP contribution in [0.25, 0.3) is 0 Å². The molecule has 0 fully saturated rings. The van der Waals surface area contributed by atoms with E-state index in [1.807, 2.05) is 41.5 Å². The molecule has 0 radical (unpaired) electrons. The second-order valence-electron chi connectivity index (χ2n) is 6.22. The minimum Gasteiger partial charge on any atom is -0.147 e. The van der Waals surface area contributed by atoms with Crippen molar-refractivity contribution in [1.82, 2.24) is 0 Å². The van der Waals surface area contributed by atoms with Crippen LogP contribution in [0, 0.1) is 0 Å². The lowest BCUT2D eigenvalue weighted by molar-refractivity contribution is 0.748. The monoisotopic (exact) mass is 408 g/mol. The van der Waals surface area contributed by atoms with Gasteiger partial charge in [0.25, 0.3) is 18.2 Å². The highest BCUT2D eigenvalue weighted by atomic mass is 35.8. The average molecular weight is 411 g/mol. The third-order valence-corrected chi connectivity index (χ3v) is 63.9. The Hall–Kier alpha value is 2.39. The molecule has 9 heteroatoms. The fraction of sp³-hybridized carbons (Fsp3) is 1.00. The Bertz CT molecular complexity index is 261. The van der Waals surface area contributed by atoms with Gasteiger partial charge in [-0.05, 0) is 10.1 Å². The lowest BCUT2D eigenvalue weighted by Crippen LogP contribution is -2.68. The van der Waals surface area contributed by atoms with Gasteiger partial charge in [0.15, 0.2) is 0 Å². The Labute approximate surface area is 135 Å². The molecule has 0 bridgehead atoms. The van der Waals surface area contributed by atoms with Crippen molar-refractivity contribution in [3.63, 3.8) is 0 Å².